The van der Waals surface area contributed by atoms with Crippen molar-refractivity contribution in [1.82, 2.24) is 14.8 Å². The molecule has 0 spiro atoms. The molecule has 3 heterocycles. The first-order valence-electron chi connectivity index (χ1n) is 10.9. The molecule has 1 aromatic carbocycles. The van der Waals surface area contributed by atoms with E-state index in [0.29, 0.717) is 49.3 Å². The van der Waals surface area contributed by atoms with Crippen LogP contribution in [0.4, 0.5) is 5.82 Å². The molecule has 0 saturated carbocycles. The Labute approximate surface area is 211 Å². The molecule has 2 amide bonds. The molecule has 35 heavy (non-hydrogen) atoms. The summed E-state index contributed by atoms with van der Waals surface area (Å²) < 4.78 is 4.76. The number of aromatic hydroxyl groups is 1. The zero-order valence-corrected chi connectivity index (χ0v) is 20.9. The fourth-order valence-corrected chi connectivity index (χ4v) is 5.90. The van der Waals surface area contributed by atoms with E-state index in [1.807, 2.05) is 0 Å². The van der Waals surface area contributed by atoms with Crippen LogP contribution >= 0.6 is 23.5 Å². The van der Waals surface area contributed by atoms with Crippen LogP contribution in [0.25, 0.3) is 0 Å². The van der Waals surface area contributed by atoms with Crippen molar-refractivity contribution in [2.24, 2.45) is 4.99 Å². The summed E-state index contributed by atoms with van der Waals surface area (Å²) in [4.78, 5) is 49.0. The minimum absolute atomic E-state index is 0.00234. The van der Waals surface area contributed by atoms with Crippen LogP contribution in [0, 0.1) is 0 Å². The minimum atomic E-state index is -0.446. The van der Waals surface area contributed by atoms with Crippen molar-refractivity contribution in [3.05, 3.63) is 47.7 Å². The van der Waals surface area contributed by atoms with Gasteiger partial charge < -0.3 is 25.0 Å². The largest absolute Gasteiger partial charge is 0.507 e. The molecule has 2 N–H and O–H groups in total. The number of methoxy groups -OCH3 is 1. The lowest BCUT2D eigenvalue weighted by Gasteiger charge is -2.34. The fourth-order valence-electron chi connectivity index (χ4n) is 3.61. The van der Waals surface area contributed by atoms with Gasteiger partial charge in [-0.25, -0.2) is 9.78 Å². The number of nitrogens with zero attached hydrogens (tertiary/aromatic N) is 4. The van der Waals surface area contributed by atoms with Gasteiger partial charge in [-0.3, -0.25) is 14.6 Å². The highest BCUT2D eigenvalue weighted by atomic mass is 32.2. The van der Waals surface area contributed by atoms with Crippen LogP contribution in [-0.2, 0) is 9.53 Å². The Balaban J connectivity index is 1.33. The number of esters is 1. The maximum absolute atomic E-state index is 13.0. The Hall–Kier alpha value is -3.25. The first kappa shape index (κ1) is 24.9. The van der Waals surface area contributed by atoms with E-state index in [4.69, 9.17) is 0 Å². The number of amidine groups is 1. The number of rotatable bonds is 5. The van der Waals surface area contributed by atoms with Gasteiger partial charge in [0.2, 0.25) is 5.91 Å². The zero-order chi connectivity index (χ0) is 24.9. The van der Waals surface area contributed by atoms with Crippen LogP contribution < -0.4 is 5.32 Å². The van der Waals surface area contributed by atoms with E-state index in [1.54, 1.807) is 45.8 Å². The lowest BCUT2D eigenvalue weighted by molar-refractivity contribution is -0.130. The molecule has 1 aromatic heterocycles. The molecule has 1 atom stereocenters. The molecular weight excluding hydrogens is 490 g/mol. The molecule has 12 heteroatoms. The fraction of sp³-hybridized carbons (Fsp3) is 0.348. The molecule has 1 saturated heterocycles. The number of piperazine rings is 1. The second-order valence-corrected chi connectivity index (χ2v) is 10.6. The Morgan fingerprint density at radius 2 is 1.89 bits per heavy atom. The van der Waals surface area contributed by atoms with Crippen LogP contribution in [0.3, 0.4) is 0 Å². The SMILES string of the molecule is COC(=O)c1ccc(NC2=NCC(Sc3ccc(O)c(C(=O)N4CCN(C(C)=O)CC4)c3)S2)nc1. The van der Waals surface area contributed by atoms with Gasteiger partial charge in [-0.05, 0) is 30.3 Å². The standard InChI is InChI=1S/C23H25N5O5S2/c1-14(29)27-7-9-28(10-8-27)21(31)17-11-16(4-5-18(17)30)34-20-13-25-23(35-20)26-19-6-3-15(12-24-19)22(32)33-2/h3-6,11-12,20,30H,7-10,13H2,1-2H3,(H,24,25,26). The van der Waals surface area contributed by atoms with Crippen LogP contribution in [0.15, 0.2) is 46.4 Å². The maximum atomic E-state index is 13.0. The summed E-state index contributed by atoms with van der Waals surface area (Å²) in [5.41, 5.74) is 0.620. The monoisotopic (exact) mass is 515 g/mol. The molecule has 4 rings (SSSR count). The molecule has 10 nitrogen and oxygen atoms in total. The van der Waals surface area contributed by atoms with Crippen molar-refractivity contribution in [2.75, 3.05) is 45.2 Å². The Morgan fingerprint density at radius 1 is 1.14 bits per heavy atom. The van der Waals surface area contributed by atoms with Gasteiger partial charge in [0.05, 0.1) is 29.4 Å². The number of nitrogens with one attached hydrogen (secondary N) is 1. The molecule has 184 valence electrons. The molecule has 1 fully saturated rings. The van der Waals surface area contributed by atoms with Crippen LogP contribution in [-0.4, -0.2) is 87.3 Å². The second kappa shape index (κ2) is 11.0. The zero-order valence-electron chi connectivity index (χ0n) is 19.3. The topological polar surface area (TPSA) is 124 Å². The van der Waals surface area contributed by atoms with Crippen LogP contribution in [0.2, 0.25) is 0 Å². The quantitative estimate of drug-likeness (QED) is 0.578. The third-order valence-electron chi connectivity index (χ3n) is 5.52. The highest BCUT2D eigenvalue weighted by molar-refractivity contribution is 8.25. The molecule has 1 unspecified atom stereocenters. The summed E-state index contributed by atoms with van der Waals surface area (Å²) in [6.07, 6.45) is 1.44. The summed E-state index contributed by atoms with van der Waals surface area (Å²) in [5.74, 6) is -0.188. The van der Waals surface area contributed by atoms with Crippen molar-refractivity contribution in [3.8, 4) is 5.75 Å². The van der Waals surface area contributed by atoms with Gasteiger partial charge in [0.15, 0.2) is 5.17 Å². The van der Waals surface area contributed by atoms with Gasteiger partial charge in [-0.2, -0.15) is 0 Å². The Morgan fingerprint density at radius 3 is 2.54 bits per heavy atom. The second-order valence-electron chi connectivity index (χ2n) is 7.84. The molecule has 2 aliphatic heterocycles. The predicted molar refractivity (Wildman–Crippen MR) is 135 cm³/mol. The number of pyridine rings is 1. The van der Waals surface area contributed by atoms with Gasteiger partial charge in [-0.15, -0.1) is 11.8 Å². The summed E-state index contributed by atoms with van der Waals surface area (Å²) in [6.45, 7) is 3.93. The number of phenols is 1. The summed E-state index contributed by atoms with van der Waals surface area (Å²) >= 11 is 3.10. The third kappa shape index (κ3) is 6.06. The molecule has 0 bridgehead atoms. The predicted octanol–water partition coefficient (Wildman–Crippen LogP) is 2.51. The lowest BCUT2D eigenvalue weighted by Crippen LogP contribution is -2.50. The smallest absolute Gasteiger partial charge is 0.339 e. The minimum Gasteiger partial charge on any atom is -0.507 e. The van der Waals surface area contributed by atoms with Gasteiger partial charge in [0, 0.05) is 44.2 Å². The molecule has 0 aliphatic carbocycles. The van der Waals surface area contributed by atoms with Gasteiger partial charge >= 0.3 is 5.97 Å². The molecule has 2 aromatic rings. The first-order chi connectivity index (χ1) is 16.8. The third-order valence-corrected chi connectivity index (χ3v) is 7.91. The average Bonchev–Trinajstić information content (AvgIpc) is 3.31. The number of carbonyl (C=O) groups is 3. The number of anilines is 1. The van der Waals surface area contributed by atoms with Crippen molar-refractivity contribution in [2.45, 2.75) is 16.4 Å². The van der Waals surface area contributed by atoms with Crippen molar-refractivity contribution >= 4 is 52.3 Å². The Kier molecular flexibility index (Phi) is 7.81. The van der Waals surface area contributed by atoms with E-state index in [9.17, 15) is 19.5 Å². The van der Waals surface area contributed by atoms with Gasteiger partial charge in [0.1, 0.15) is 11.6 Å². The average molecular weight is 516 g/mol. The number of aliphatic imine (C=N–C) groups is 1. The van der Waals surface area contributed by atoms with Crippen molar-refractivity contribution < 1.29 is 24.2 Å². The van der Waals surface area contributed by atoms with Crippen LogP contribution in [0.1, 0.15) is 27.6 Å². The number of phenolic OH excluding ortho intramolecular Hbond substituents is 1. The summed E-state index contributed by atoms with van der Waals surface area (Å²) in [6, 6.07) is 8.34. The van der Waals surface area contributed by atoms with E-state index in [2.05, 4.69) is 20.0 Å². The van der Waals surface area contributed by atoms with E-state index in [1.165, 1.54) is 38.1 Å². The number of hydrogen-bond donors (Lipinski definition) is 2. The lowest BCUT2D eigenvalue weighted by atomic mass is 10.1. The number of ether oxygens (including phenoxy) is 1. The van der Waals surface area contributed by atoms with E-state index >= 15 is 0 Å². The number of aromatic nitrogens is 1. The molecular formula is C23H25N5O5S2. The number of hydrogen-bond acceptors (Lipinski definition) is 10. The maximum Gasteiger partial charge on any atom is 0.339 e. The van der Waals surface area contributed by atoms with Crippen LogP contribution in [0.5, 0.6) is 5.75 Å². The highest BCUT2D eigenvalue weighted by Crippen LogP contribution is 2.37. The van der Waals surface area contributed by atoms with Crippen molar-refractivity contribution in [1.29, 1.82) is 0 Å². The summed E-state index contributed by atoms with van der Waals surface area (Å²) in [5, 5.41) is 14.2. The summed E-state index contributed by atoms with van der Waals surface area (Å²) in [7, 11) is 1.32. The normalized spacial score (nSPS) is 17.7. The van der Waals surface area contributed by atoms with E-state index in [0.717, 1.165) is 4.90 Å². The van der Waals surface area contributed by atoms with Crippen molar-refractivity contribution in [3.63, 3.8) is 0 Å². The first-order valence-corrected chi connectivity index (χ1v) is 12.7. The Bertz CT molecular complexity index is 1150. The van der Waals surface area contributed by atoms with E-state index < -0.39 is 5.97 Å². The number of carbonyl (C=O) groups excluding carboxylic acids is 3. The van der Waals surface area contributed by atoms with Gasteiger partial charge in [0.25, 0.3) is 5.91 Å². The van der Waals surface area contributed by atoms with E-state index in [-0.39, 0.29) is 27.7 Å². The number of amides is 2. The molecule has 0 radical (unpaired) electrons. The number of benzene rings is 1. The van der Waals surface area contributed by atoms with Gasteiger partial charge in [-0.1, -0.05) is 11.8 Å². The molecule has 2 aliphatic rings. The highest BCUT2D eigenvalue weighted by Gasteiger charge is 2.26. The number of thioether (sulfide) groups is 2.